The minimum absolute atomic E-state index is 0.00188. The fraction of sp³-hybridized carbons (Fsp3) is 0.641. The van der Waals surface area contributed by atoms with Crippen LogP contribution in [0.2, 0.25) is 0 Å². The summed E-state index contributed by atoms with van der Waals surface area (Å²) in [5, 5.41) is 0. The van der Waals surface area contributed by atoms with Gasteiger partial charge in [-0.15, -0.1) is 0 Å². The van der Waals surface area contributed by atoms with Crippen LogP contribution in [0, 0.1) is 70.9 Å². The van der Waals surface area contributed by atoms with Crippen molar-refractivity contribution in [3.05, 3.63) is 139 Å². The van der Waals surface area contributed by atoms with E-state index in [0.717, 1.165) is 35.8 Å². The highest BCUT2D eigenvalue weighted by atomic mass is 16.5. The van der Waals surface area contributed by atoms with Crippen molar-refractivity contribution in [1.29, 1.82) is 0 Å². The Morgan fingerprint density at radius 3 is 0.901 bits per heavy atom. The number of ether oxygens (including phenoxy) is 12. The number of methoxy groups -OCH3 is 12. The van der Waals surface area contributed by atoms with Crippen LogP contribution in [-0.4, -0.2) is 227 Å². The average molecular weight is 2020 g/mol. The van der Waals surface area contributed by atoms with Crippen LogP contribution in [0.15, 0.2) is 72.5 Å². The zero-order valence-electron chi connectivity index (χ0n) is 150. The van der Waals surface area contributed by atoms with Crippen molar-refractivity contribution in [2.75, 3.05) is 163 Å². The van der Waals surface area contributed by atoms with Gasteiger partial charge < -0.3 is 56.8 Å². The summed E-state index contributed by atoms with van der Waals surface area (Å²) in [7, 11) is -10.7. The van der Waals surface area contributed by atoms with Crippen molar-refractivity contribution in [3.63, 3.8) is 0 Å². The lowest BCUT2D eigenvalue weighted by molar-refractivity contribution is -0.130. The summed E-state index contributed by atoms with van der Waals surface area (Å²) in [4.78, 5) is 88.1. The van der Waals surface area contributed by atoms with Gasteiger partial charge in [0.05, 0.1) is 126 Å². The number of carbonyl (C=O) groups is 6. The average Bonchev–Trinajstić information content (AvgIpc) is 0.677. The molecule has 6 saturated heterocycles. The Hall–Kier alpha value is -9.30. The Bertz CT molecular complexity index is 8640. The largest absolute Gasteiger partial charge is 0.493 e. The van der Waals surface area contributed by atoms with Gasteiger partial charge in [0.2, 0.25) is 0 Å². The lowest BCUT2D eigenvalue weighted by Gasteiger charge is -2.43. The van der Waals surface area contributed by atoms with Gasteiger partial charge in [0.15, 0.2) is 69.0 Å². The third-order valence-electron chi connectivity index (χ3n) is 25.5. The molecule has 15 unspecified atom stereocenters. The highest BCUT2D eigenvalue weighted by molar-refractivity contribution is 5.86. The first-order valence-corrected chi connectivity index (χ1v) is 46.1. The smallest absolute Gasteiger partial charge is 0.161 e. The molecule has 12 aliphatic rings. The number of ketones is 6. The molecule has 12 heterocycles. The highest BCUT2D eigenvalue weighted by Gasteiger charge is 2.47. The van der Waals surface area contributed by atoms with Crippen molar-refractivity contribution in [2.45, 2.75) is 254 Å². The third kappa shape index (κ3) is 25.6. The molecule has 24 heteroatoms. The molecule has 774 valence electrons. The van der Waals surface area contributed by atoms with Crippen molar-refractivity contribution in [3.8, 4) is 69.0 Å². The van der Waals surface area contributed by atoms with Crippen molar-refractivity contribution in [2.24, 2.45) is 70.9 Å². The van der Waals surface area contributed by atoms with E-state index < -0.39 is 342 Å². The number of hydrogen-bond acceptors (Lipinski definition) is 24. The maximum Gasteiger partial charge on any atom is 0.161 e. The molecule has 6 fully saturated rings. The number of piperidine rings is 6. The van der Waals surface area contributed by atoms with Crippen LogP contribution in [0.1, 0.15) is 376 Å². The van der Waals surface area contributed by atoms with Gasteiger partial charge in [-0.05, 0) is 252 Å². The molecule has 0 radical (unpaired) electrons. The maximum atomic E-state index is 13.7. The highest BCUT2D eigenvalue weighted by Crippen LogP contribution is 2.51. The standard InChI is InChI=1S/3C20H29NO3.3C19H27NO3/c3*1-5-13(2)8-15-12-21-7-6-14-9-19(23-3)20(24-4)10-16(14)17(21)11-18(15)22;3*1-12(2)7-14-11-20-6-5-13-8-18(22-3)19(23-4)9-15(13)16(20)10-17(14)21/h3*9-10,13,15,17H,5-8,11-12H2,1-4H3;3*8-9,12,14,16H,5-7,10-11H2,1-4H3/i2D3,4D3,5D2,8D2,9D,10D,11D2,13D,15D;2D3,4D3,5D2,8D2,9D,10D,12D2,13D;2D3,4D3,5D2,8D2,9D,10D,13D;4D3,8D,9D,10D2,11D2,14D;4D3,8D,9D,10D2,14D;4D3,8D,9D,11D2. The van der Waals surface area contributed by atoms with Crippen LogP contribution in [0.3, 0.4) is 0 Å². The molecule has 12 aliphatic heterocycles. The Labute approximate surface area is 939 Å². The van der Waals surface area contributed by atoms with Gasteiger partial charge in [0.25, 0.3) is 0 Å². The summed E-state index contributed by atoms with van der Waals surface area (Å²) in [6.07, 6.45) is -28.0. The van der Waals surface area contributed by atoms with E-state index in [1.54, 1.807) is 28.5 Å². The number of fused-ring (bicyclic) bond motifs is 18. The molecule has 6 aromatic rings. The van der Waals surface area contributed by atoms with Crippen molar-refractivity contribution < 1.29 is 180 Å². The first kappa shape index (κ1) is 49.7. The SMILES string of the molecule is [2H]c1c2c(c([2H])c(OC([2H])([2H])[2H])c1OC)C1CC(=O)C(C([2H])([2H])C([2H])(C([2H])([2H])[2H])C([2H])([2H])C)C([2H])([2H])N1CC2.[2H]c1c2c(c([2H])c(OC([2H])([2H])[2H])c1OC)C1CC(=O)C(C([2H])([2H])C([2H])(C([2H])([2H])[2H])C([2H])([2H])C)CN1CC2.[2H]c1c2c(c([2H])c(OC([2H])([2H])[2H])c1OC)C1CC(=O)C(CC(C)C)C([2H])([2H])N1CC2.[2H]c1c2c(c([2H])c(OC([2H])([2H])[2H])c1OC)C1N(CC2)C([2H])([2H])C([2H])(CC(C)C)C(=O)C1([2H])[2H].[2H]c1c2c(c([2H])c(OC([2H])([2H])[2H])c1OC)C1N(CC2)CC([2H])(C([2H])([2H])C([2H])(C([2H])([2H])[2H])C([2H])([2H])C)C(=O)C1([2H])[2H].[2H]c1c2c(c([2H])c(OC([2H])([2H])[2H])c1OC)C1N(CC2)CC([2H])(CC(C)C)C(=O)C1([2H])[2H]. The third-order valence-corrected chi connectivity index (χ3v) is 25.5. The van der Waals surface area contributed by atoms with Crippen LogP contribution in [-0.2, 0) is 67.3 Å². The summed E-state index contributed by atoms with van der Waals surface area (Å²) >= 11 is 0. The summed E-state index contributed by atoms with van der Waals surface area (Å²) in [5.41, 5.74) is 1.47. The van der Waals surface area contributed by atoms with Gasteiger partial charge in [0.1, 0.15) is 34.7 Å². The van der Waals surface area contributed by atoms with Crippen LogP contribution >= 0.6 is 0 Å². The van der Waals surface area contributed by atoms with Gasteiger partial charge >= 0.3 is 0 Å². The second kappa shape index (κ2) is 50.0. The predicted octanol–water partition coefficient (Wildman–Crippen LogP) is 20.6. The van der Waals surface area contributed by atoms with E-state index in [9.17, 15) is 28.8 Å². The normalized spacial score (nSPS) is 37.6. The molecule has 6 aromatic carbocycles. The second-order valence-corrected chi connectivity index (χ2v) is 35.9. The molecule has 0 aliphatic carbocycles. The minimum atomic E-state index is -3.78. The number of carbonyl (C=O) groups excluding carboxylic acids is 6. The quantitative estimate of drug-likeness (QED) is 0.0466. The zero-order valence-corrected chi connectivity index (χ0v) is 81.3. The Morgan fingerprint density at radius 2 is 0.567 bits per heavy atom. The Kier molecular flexibility index (Phi) is 17.6. The van der Waals surface area contributed by atoms with E-state index in [1.165, 1.54) is 28.4 Å². The first-order valence-electron chi connectivity index (χ1n) is 80.6. The van der Waals surface area contributed by atoms with E-state index >= 15 is 0 Å². The number of benzene rings is 6. The van der Waals surface area contributed by atoms with Crippen LogP contribution < -0.4 is 56.8 Å². The lowest BCUT2D eigenvalue weighted by atomic mass is 9.79. The molecule has 0 N–H and O–H groups in total. The van der Waals surface area contributed by atoms with E-state index in [0.29, 0.717) is 56.5 Å². The molecule has 0 aromatic heterocycles. The van der Waals surface area contributed by atoms with Gasteiger partial charge in [0, 0.05) is 242 Å². The van der Waals surface area contributed by atoms with Gasteiger partial charge in [-0.25, -0.2) is 0 Å². The Balaban J connectivity index is 0.000000202. The lowest BCUT2D eigenvalue weighted by Crippen LogP contribution is -2.46. The van der Waals surface area contributed by atoms with Gasteiger partial charge in [-0.3, -0.25) is 58.2 Å². The maximum absolute atomic E-state index is 13.7. The summed E-state index contributed by atoms with van der Waals surface area (Å²) in [6, 6.07) is -11.9. The molecular weight excluding hydrogens is 1780 g/mol. The van der Waals surface area contributed by atoms with Gasteiger partial charge in [-0.1, -0.05) is 102 Å². The number of rotatable bonds is 27. The number of nitrogens with zero attached hydrogens (tertiary/aromatic N) is 6. The second-order valence-electron chi connectivity index (χ2n) is 35.9. The van der Waals surface area contributed by atoms with Gasteiger partial charge in [-0.2, -0.15) is 0 Å². The summed E-state index contributed by atoms with van der Waals surface area (Å²) in [5.74, 6) is -33.6. The molecule has 0 amide bonds. The number of hydrogen-bond donors (Lipinski definition) is 0. The Morgan fingerprint density at radius 1 is 0.312 bits per heavy atom. The molecule has 0 saturated carbocycles. The molecule has 24 nitrogen and oxygen atoms in total. The van der Waals surface area contributed by atoms with E-state index in [4.69, 9.17) is 151 Å². The van der Waals surface area contributed by atoms with Crippen LogP contribution in [0.4, 0.5) is 0 Å². The van der Waals surface area contributed by atoms with E-state index in [2.05, 4.69) is 0 Å². The first-order chi connectivity index (χ1) is 94.5. The van der Waals surface area contributed by atoms with Crippen LogP contribution in [0.25, 0.3) is 0 Å². The molecule has 0 bridgehead atoms. The van der Waals surface area contributed by atoms with E-state index in [1.807, 2.05) is 27.7 Å². The summed E-state index contributed by atoms with van der Waals surface area (Å²) < 4.78 is 623. The molecule has 141 heavy (non-hydrogen) atoms. The van der Waals surface area contributed by atoms with Crippen molar-refractivity contribution >= 4 is 34.7 Å². The fourth-order valence-electron chi connectivity index (χ4n) is 18.7. The zero-order chi connectivity index (χ0) is 161. The fourth-order valence-corrected chi connectivity index (χ4v) is 18.7. The summed E-state index contributed by atoms with van der Waals surface area (Å²) in [6.45, 7) is -6.00. The monoisotopic (exact) mass is 2010 g/mol. The topological polar surface area (TPSA) is 233 Å². The predicted molar refractivity (Wildman–Crippen MR) is 555 cm³/mol. The minimum Gasteiger partial charge on any atom is -0.493 e. The molecular formula is C117H168N6O18. The molecule has 18 rings (SSSR count). The number of Topliss-reactive ketones (excluding diaryl/α,β-unsaturated/α-hetero) is 6. The van der Waals surface area contributed by atoms with E-state index in [-0.39, 0.29) is 241 Å². The van der Waals surface area contributed by atoms with Crippen molar-refractivity contribution in [1.82, 2.24) is 29.4 Å². The molecule has 15 atom stereocenters. The molecule has 0 spiro atoms. The van der Waals surface area contributed by atoms with Crippen LogP contribution in [0.5, 0.6) is 69.0 Å².